The van der Waals surface area contributed by atoms with Crippen molar-refractivity contribution in [2.45, 2.75) is 51.2 Å². The van der Waals surface area contributed by atoms with Gasteiger partial charge in [0.05, 0.1) is 6.10 Å². The molecule has 2 rings (SSSR count). The Morgan fingerprint density at radius 1 is 1.24 bits per heavy atom. The van der Waals surface area contributed by atoms with E-state index in [4.69, 9.17) is 4.74 Å². The lowest BCUT2D eigenvalue weighted by molar-refractivity contribution is -0.00323. The van der Waals surface area contributed by atoms with Crippen LogP contribution in [-0.2, 0) is 4.74 Å². The maximum Gasteiger partial charge on any atom is 0.0701 e. The Labute approximate surface area is 106 Å². The van der Waals surface area contributed by atoms with Crippen LogP contribution in [0.3, 0.4) is 0 Å². The lowest BCUT2D eigenvalue weighted by atomic mass is 9.94. The second-order valence-electron chi connectivity index (χ2n) is 5.99. The van der Waals surface area contributed by atoms with Gasteiger partial charge < -0.3 is 15.0 Å². The molecule has 0 aromatic heterocycles. The van der Waals surface area contributed by atoms with Gasteiger partial charge in [-0.2, -0.15) is 0 Å². The first-order valence-corrected chi connectivity index (χ1v) is 7.27. The lowest BCUT2D eigenvalue weighted by Crippen LogP contribution is -2.46. The standard InChI is InChI=1S/C14H28N2O/c1-12-6-7-15-13(9-12)10-16(2)11-14-5-3-4-8-17-14/h12-15H,3-11H2,1-2H3. The first kappa shape index (κ1) is 13.3. The van der Waals surface area contributed by atoms with Gasteiger partial charge in [0.2, 0.25) is 0 Å². The molecule has 2 aliphatic rings. The zero-order valence-corrected chi connectivity index (χ0v) is 11.5. The molecule has 2 aliphatic heterocycles. The summed E-state index contributed by atoms with van der Waals surface area (Å²) in [5.74, 6) is 0.889. The second kappa shape index (κ2) is 6.72. The van der Waals surface area contributed by atoms with Crippen molar-refractivity contribution in [3.63, 3.8) is 0 Å². The van der Waals surface area contributed by atoms with Gasteiger partial charge in [-0.15, -0.1) is 0 Å². The highest BCUT2D eigenvalue weighted by molar-refractivity contribution is 4.79. The zero-order chi connectivity index (χ0) is 12.1. The molecular weight excluding hydrogens is 212 g/mol. The summed E-state index contributed by atoms with van der Waals surface area (Å²) >= 11 is 0. The van der Waals surface area contributed by atoms with Crippen LogP contribution in [-0.4, -0.2) is 50.3 Å². The predicted octanol–water partition coefficient (Wildman–Crippen LogP) is 1.88. The topological polar surface area (TPSA) is 24.5 Å². The molecule has 0 saturated carbocycles. The fourth-order valence-electron chi connectivity index (χ4n) is 3.11. The minimum atomic E-state index is 0.481. The lowest BCUT2D eigenvalue weighted by Gasteiger charge is -2.33. The van der Waals surface area contributed by atoms with Crippen molar-refractivity contribution in [2.24, 2.45) is 5.92 Å². The average molecular weight is 240 g/mol. The summed E-state index contributed by atoms with van der Waals surface area (Å²) in [4.78, 5) is 2.45. The van der Waals surface area contributed by atoms with E-state index in [1.54, 1.807) is 0 Å². The Hall–Kier alpha value is -0.120. The number of nitrogens with zero attached hydrogens (tertiary/aromatic N) is 1. The summed E-state index contributed by atoms with van der Waals surface area (Å²) in [6.45, 7) is 6.81. The molecule has 3 nitrogen and oxygen atoms in total. The van der Waals surface area contributed by atoms with Crippen LogP contribution >= 0.6 is 0 Å². The number of nitrogens with one attached hydrogen (secondary N) is 1. The molecule has 0 aliphatic carbocycles. The number of likely N-dealkylation sites (N-methyl/N-ethyl adjacent to an activating group) is 1. The Bertz CT molecular complexity index is 216. The molecule has 0 amide bonds. The highest BCUT2D eigenvalue weighted by Crippen LogP contribution is 2.17. The molecule has 0 radical (unpaired) electrons. The third kappa shape index (κ3) is 4.57. The van der Waals surface area contributed by atoms with Gasteiger partial charge in [0.1, 0.15) is 0 Å². The fraction of sp³-hybridized carbons (Fsp3) is 1.00. The smallest absolute Gasteiger partial charge is 0.0701 e. The minimum absolute atomic E-state index is 0.481. The fourth-order valence-corrected chi connectivity index (χ4v) is 3.11. The van der Waals surface area contributed by atoms with Crippen molar-refractivity contribution in [3.8, 4) is 0 Å². The summed E-state index contributed by atoms with van der Waals surface area (Å²) < 4.78 is 5.80. The molecule has 2 heterocycles. The van der Waals surface area contributed by atoms with Crippen molar-refractivity contribution in [1.29, 1.82) is 0 Å². The van der Waals surface area contributed by atoms with E-state index in [9.17, 15) is 0 Å². The minimum Gasteiger partial charge on any atom is -0.377 e. The molecule has 3 heteroatoms. The van der Waals surface area contributed by atoms with Gasteiger partial charge in [0.25, 0.3) is 0 Å². The highest BCUT2D eigenvalue weighted by Gasteiger charge is 2.21. The molecule has 2 saturated heterocycles. The van der Waals surface area contributed by atoms with Crippen LogP contribution in [0, 0.1) is 5.92 Å². The molecule has 2 fully saturated rings. The van der Waals surface area contributed by atoms with E-state index in [1.807, 2.05) is 0 Å². The molecule has 0 bridgehead atoms. The van der Waals surface area contributed by atoms with Gasteiger partial charge in [0, 0.05) is 25.7 Å². The van der Waals surface area contributed by atoms with Crippen LogP contribution in [0.15, 0.2) is 0 Å². The zero-order valence-electron chi connectivity index (χ0n) is 11.5. The van der Waals surface area contributed by atoms with E-state index in [1.165, 1.54) is 45.2 Å². The van der Waals surface area contributed by atoms with E-state index in [0.29, 0.717) is 12.1 Å². The van der Waals surface area contributed by atoms with E-state index >= 15 is 0 Å². The van der Waals surface area contributed by atoms with Gasteiger partial charge in [-0.1, -0.05) is 6.92 Å². The molecule has 0 aromatic carbocycles. The Balaban J connectivity index is 1.66. The SMILES string of the molecule is CC1CCNC(CN(C)CC2CCCCO2)C1. The third-order valence-corrected chi connectivity index (χ3v) is 4.08. The van der Waals surface area contributed by atoms with E-state index in [2.05, 4.69) is 24.2 Å². The number of ether oxygens (including phenoxy) is 1. The molecule has 0 aromatic rings. The number of hydrogen-bond acceptors (Lipinski definition) is 3. The molecular formula is C14H28N2O. The van der Waals surface area contributed by atoms with Crippen molar-refractivity contribution in [3.05, 3.63) is 0 Å². The second-order valence-corrected chi connectivity index (χ2v) is 5.99. The molecule has 17 heavy (non-hydrogen) atoms. The summed E-state index contributed by atoms with van der Waals surface area (Å²) in [5, 5.41) is 3.64. The van der Waals surface area contributed by atoms with Crippen LogP contribution in [0.25, 0.3) is 0 Å². The first-order chi connectivity index (χ1) is 8.24. The van der Waals surface area contributed by atoms with Crippen LogP contribution in [0.5, 0.6) is 0 Å². The maximum absolute atomic E-state index is 5.80. The van der Waals surface area contributed by atoms with Gasteiger partial charge in [-0.25, -0.2) is 0 Å². The van der Waals surface area contributed by atoms with E-state index in [-0.39, 0.29) is 0 Å². The predicted molar refractivity (Wildman–Crippen MR) is 71.3 cm³/mol. The monoisotopic (exact) mass is 240 g/mol. The number of piperidine rings is 1. The van der Waals surface area contributed by atoms with Crippen LogP contribution in [0.4, 0.5) is 0 Å². The largest absolute Gasteiger partial charge is 0.377 e. The van der Waals surface area contributed by atoms with E-state index in [0.717, 1.165) is 19.1 Å². The summed E-state index contributed by atoms with van der Waals surface area (Å²) in [6.07, 6.45) is 6.99. The Kier molecular flexibility index (Phi) is 5.26. The van der Waals surface area contributed by atoms with Gasteiger partial charge in [-0.05, 0) is 51.6 Å². The maximum atomic E-state index is 5.80. The van der Waals surface area contributed by atoms with Gasteiger partial charge in [0.15, 0.2) is 0 Å². The van der Waals surface area contributed by atoms with Gasteiger partial charge >= 0.3 is 0 Å². The van der Waals surface area contributed by atoms with Crippen LogP contribution < -0.4 is 5.32 Å². The summed E-state index contributed by atoms with van der Waals surface area (Å²) in [6, 6.07) is 0.687. The summed E-state index contributed by atoms with van der Waals surface area (Å²) in [5.41, 5.74) is 0. The van der Waals surface area contributed by atoms with Crippen molar-refractivity contribution in [1.82, 2.24) is 10.2 Å². The van der Waals surface area contributed by atoms with Crippen LogP contribution in [0.2, 0.25) is 0 Å². The summed E-state index contributed by atoms with van der Waals surface area (Å²) in [7, 11) is 2.24. The normalized spacial score (nSPS) is 35.1. The number of rotatable bonds is 4. The van der Waals surface area contributed by atoms with Crippen molar-refractivity contribution < 1.29 is 4.74 Å². The molecule has 3 unspecified atom stereocenters. The Morgan fingerprint density at radius 2 is 2.12 bits per heavy atom. The molecule has 3 atom stereocenters. The average Bonchev–Trinajstić information content (AvgIpc) is 2.30. The third-order valence-electron chi connectivity index (χ3n) is 4.08. The van der Waals surface area contributed by atoms with E-state index < -0.39 is 0 Å². The molecule has 0 spiro atoms. The first-order valence-electron chi connectivity index (χ1n) is 7.27. The highest BCUT2D eigenvalue weighted by atomic mass is 16.5. The molecule has 1 N–H and O–H groups in total. The quantitative estimate of drug-likeness (QED) is 0.812. The number of hydrogen-bond donors (Lipinski definition) is 1. The van der Waals surface area contributed by atoms with Crippen molar-refractivity contribution >= 4 is 0 Å². The Morgan fingerprint density at radius 3 is 2.82 bits per heavy atom. The molecule has 100 valence electrons. The van der Waals surface area contributed by atoms with Crippen LogP contribution in [0.1, 0.15) is 39.0 Å². The van der Waals surface area contributed by atoms with Crippen molar-refractivity contribution in [2.75, 3.05) is 33.3 Å². The van der Waals surface area contributed by atoms with Gasteiger partial charge in [-0.3, -0.25) is 0 Å².